The monoisotopic (exact) mass is 288 g/mol. The Morgan fingerprint density at radius 2 is 1.50 bits per heavy atom. The van der Waals surface area contributed by atoms with E-state index in [-0.39, 0.29) is 5.60 Å². The predicted molar refractivity (Wildman–Crippen MR) is 93.6 cm³/mol. The zero-order chi connectivity index (χ0) is 16.8. The number of likely N-dealkylation sites (tertiary alicyclic amines) is 1. The number of hydrogen-bond acceptors (Lipinski definition) is 3. The van der Waals surface area contributed by atoms with Crippen LogP contribution < -0.4 is 0 Å². The number of likely N-dealkylation sites (N-methyl/N-ethyl adjacent to an activating group) is 1. The first-order valence-corrected chi connectivity index (χ1v) is 8.53. The lowest BCUT2D eigenvalue weighted by molar-refractivity contribution is -0.00874. The lowest BCUT2D eigenvalue weighted by Gasteiger charge is -2.19. The smallest absolute Gasteiger partial charge is 0.157 e. The van der Waals surface area contributed by atoms with Gasteiger partial charge in [-0.05, 0) is 20.9 Å². The molecule has 0 saturated carbocycles. The molecule has 3 heteroatoms. The highest BCUT2D eigenvalue weighted by atomic mass is 16.7. The summed E-state index contributed by atoms with van der Waals surface area (Å²) in [5.74, 6) is 0. The van der Waals surface area contributed by atoms with E-state index in [4.69, 9.17) is 4.84 Å². The van der Waals surface area contributed by atoms with Gasteiger partial charge < -0.3 is 4.84 Å². The van der Waals surface area contributed by atoms with Crippen molar-refractivity contribution in [2.45, 2.75) is 93.7 Å². The SMILES string of the molecule is CC.CC.CC.CC.CC1=NOC2(C1)CC(C)N(C)C2. The molecule has 1 saturated heterocycles. The van der Waals surface area contributed by atoms with E-state index < -0.39 is 0 Å². The van der Waals surface area contributed by atoms with Gasteiger partial charge in [0.2, 0.25) is 0 Å². The molecular weight excluding hydrogens is 248 g/mol. The fraction of sp³-hybridized carbons (Fsp3) is 0.941. The van der Waals surface area contributed by atoms with E-state index >= 15 is 0 Å². The number of rotatable bonds is 0. The summed E-state index contributed by atoms with van der Waals surface area (Å²) in [7, 11) is 2.15. The second kappa shape index (κ2) is 14.8. The van der Waals surface area contributed by atoms with Crippen molar-refractivity contribution >= 4 is 5.71 Å². The van der Waals surface area contributed by atoms with Crippen LogP contribution in [0.1, 0.15) is 82.1 Å². The summed E-state index contributed by atoms with van der Waals surface area (Å²) in [6, 6.07) is 0.631. The second-order valence-electron chi connectivity index (χ2n) is 4.25. The van der Waals surface area contributed by atoms with Gasteiger partial charge in [-0.15, -0.1) is 0 Å². The van der Waals surface area contributed by atoms with Gasteiger partial charge in [0.15, 0.2) is 5.60 Å². The molecule has 0 bridgehead atoms. The van der Waals surface area contributed by atoms with Gasteiger partial charge in [-0.25, -0.2) is 0 Å². The lowest BCUT2D eigenvalue weighted by Crippen LogP contribution is -2.32. The number of nitrogens with zero attached hydrogens (tertiary/aromatic N) is 2. The van der Waals surface area contributed by atoms with Crippen LogP contribution in [0.4, 0.5) is 0 Å². The van der Waals surface area contributed by atoms with Crippen LogP contribution in [0.15, 0.2) is 5.16 Å². The summed E-state index contributed by atoms with van der Waals surface area (Å²) in [5, 5.41) is 4.03. The maximum Gasteiger partial charge on any atom is 0.157 e. The van der Waals surface area contributed by atoms with Gasteiger partial charge >= 0.3 is 0 Å². The Bertz CT molecular complexity index is 217. The molecule has 0 amide bonds. The Kier molecular flexibility index (Phi) is 18.1. The number of oxime groups is 1. The van der Waals surface area contributed by atoms with Crippen LogP contribution in [0, 0.1) is 0 Å². The standard InChI is InChI=1S/C9H16N2O.4C2H6/c1-7-4-9(12-10-7)5-8(2)11(3)6-9;4*1-2/h8H,4-6H2,1-3H3;4*1-2H3. The van der Waals surface area contributed by atoms with Crippen molar-refractivity contribution < 1.29 is 4.84 Å². The van der Waals surface area contributed by atoms with Gasteiger partial charge in [0, 0.05) is 25.4 Å². The molecule has 2 aliphatic heterocycles. The Hall–Kier alpha value is -0.570. The highest BCUT2D eigenvalue weighted by Crippen LogP contribution is 2.36. The van der Waals surface area contributed by atoms with Crippen LogP contribution in [-0.4, -0.2) is 35.8 Å². The molecule has 1 fully saturated rings. The molecule has 1 spiro atoms. The largest absolute Gasteiger partial charge is 0.387 e. The summed E-state index contributed by atoms with van der Waals surface area (Å²) in [6.07, 6.45) is 2.13. The van der Waals surface area contributed by atoms with Crippen molar-refractivity contribution in [3.05, 3.63) is 0 Å². The minimum absolute atomic E-state index is 0.0260. The van der Waals surface area contributed by atoms with Gasteiger partial charge in [0.05, 0.1) is 5.71 Å². The van der Waals surface area contributed by atoms with Crippen molar-refractivity contribution in [3.8, 4) is 0 Å². The first-order valence-electron chi connectivity index (χ1n) is 8.53. The Morgan fingerprint density at radius 3 is 1.75 bits per heavy atom. The Balaban J connectivity index is -0.000000314. The summed E-state index contributed by atoms with van der Waals surface area (Å²) in [4.78, 5) is 7.84. The minimum Gasteiger partial charge on any atom is -0.387 e. The van der Waals surface area contributed by atoms with Crippen molar-refractivity contribution in [2.75, 3.05) is 13.6 Å². The van der Waals surface area contributed by atoms with Crippen LogP contribution in [0.5, 0.6) is 0 Å². The first-order chi connectivity index (χ1) is 9.61. The van der Waals surface area contributed by atoms with E-state index in [1.165, 1.54) is 0 Å². The quantitative estimate of drug-likeness (QED) is 0.600. The first kappa shape index (κ1) is 24.4. The summed E-state index contributed by atoms with van der Waals surface area (Å²) in [6.45, 7) is 21.3. The molecule has 0 aromatic rings. The maximum absolute atomic E-state index is 5.50. The average Bonchev–Trinajstić information content (AvgIpc) is 3.01. The molecule has 2 atom stereocenters. The molecule has 2 unspecified atom stereocenters. The third kappa shape index (κ3) is 7.88. The topological polar surface area (TPSA) is 24.8 Å². The molecule has 0 radical (unpaired) electrons. The van der Waals surface area contributed by atoms with Crippen LogP contribution in [0.25, 0.3) is 0 Å². The van der Waals surface area contributed by atoms with E-state index in [1.54, 1.807) is 0 Å². The molecule has 0 aromatic heterocycles. The molecule has 0 N–H and O–H groups in total. The van der Waals surface area contributed by atoms with Crippen molar-refractivity contribution in [2.24, 2.45) is 5.16 Å². The molecule has 0 aromatic carbocycles. The highest BCUT2D eigenvalue weighted by Gasteiger charge is 2.46. The van der Waals surface area contributed by atoms with E-state index in [0.29, 0.717) is 6.04 Å². The molecule has 3 nitrogen and oxygen atoms in total. The van der Waals surface area contributed by atoms with Gasteiger partial charge in [-0.3, -0.25) is 4.90 Å². The van der Waals surface area contributed by atoms with Crippen LogP contribution >= 0.6 is 0 Å². The summed E-state index contributed by atoms with van der Waals surface area (Å²) >= 11 is 0. The summed E-state index contributed by atoms with van der Waals surface area (Å²) < 4.78 is 0. The fourth-order valence-electron chi connectivity index (χ4n) is 2.27. The normalized spacial score (nSPS) is 26.4. The molecule has 2 rings (SSSR count). The predicted octanol–water partition coefficient (Wildman–Crippen LogP) is 5.35. The van der Waals surface area contributed by atoms with Gasteiger partial charge in [-0.2, -0.15) is 0 Å². The number of hydrogen-bond donors (Lipinski definition) is 0. The zero-order valence-corrected chi connectivity index (χ0v) is 16.0. The van der Waals surface area contributed by atoms with Gasteiger partial charge in [0.25, 0.3) is 0 Å². The molecule has 20 heavy (non-hydrogen) atoms. The average molecular weight is 289 g/mol. The fourth-order valence-corrected chi connectivity index (χ4v) is 2.27. The van der Waals surface area contributed by atoms with Crippen LogP contribution in [0.2, 0.25) is 0 Å². The molecule has 2 heterocycles. The highest BCUT2D eigenvalue weighted by molar-refractivity contribution is 5.83. The third-order valence-electron chi connectivity index (χ3n) is 2.93. The van der Waals surface area contributed by atoms with Crippen molar-refractivity contribution in [3.63, 3.8) is 0 Å². The Labute approximate surface area is 128 Å². The zero-order valence-electron chi connectivity index (χ0n) is 16.0. The van der Waals surface area contributed by atoms with Crippen LogP contribution in [0.3, 0.4) is 0 Å². The van der Waals surface area contributed by atoms with Crippen molar-refractivity contribution in [1.29, 1.82) is 0 Å². The third-order valence-corrected chi connectivity index (χ3v) is 2.93. The molecule has 0 aliphatic carbocycles. The molecule has 2 aliphatic rings. The maximum atomic E-state index is 5.50. The van der Waals surface area contributed by atoms with E-state index in [0.717, 1.165) is 25.1 Å². The Morgan fingerprint density at radius 1 is 1.05 bits per heavy atom. The second-order valence-corrected chi connectivity index (χ2v) is 4.25. The molecular formula is C17H40N2O. The van der Waals surface area contributed by atoms with Gasteiger partial charge in [-0.1, -0.05) is 60.5 Å². The van der Waals surface area contributed by atoms with Crippen molar-refractivity contribution in [1.82, 2.24) is 4.90 Å². The van der Waals surface area contributed by atoms with E-state index in [9.17, 15) is 0 Å². The van der Waals surface area contributed by atoms with E-state index in [1.807, 2.05) is 62.3 Å². The van der Waals surface area contributed by atoms with Gasteiger partial charge in [0.1, 0.15) is 0 Å². The lowest BCUT2D eigenvalue weighted by atomic mass is 9.95. The summed E-state index contributed by atoms with van der Waals surface area (Å²) in [5.41, 5.74) is 1.16. The van der Waals surface area contributed by atoms with E-state index in [2.05, 4.69) is 24.0 Å². The minimum atomic E-state index is 0.0260. The molecule has 124 valence electrons. The van der Waals surface area contributed by atoms with Crippen LogP contribution in [-0.2, 0) is 4.84 Å².